The summed E-state index contributed by atoms with van der Waals surface area (Å²) in [5, 5.41) is 5.44. The first kappa shape index (κ1) is 13.0. The molecule has 0 saturated carbocycles. The molecule has 1 aromatic carbocycles. The van der Waals surface area contributed by atoms with Crippen LogP contribution in [0.15, 0.2) is 18.2 Å². The van der Waals surface area contributed by atoms with Crippen LogP contribution in [0.5, 0.6) is 0 Å². The number of aromatic amines is 1. The van der Waals surface area contributed by atoms with Gasteiger partial charge in [-0.05, 0) is 31.0 Å². The van der Waals surface area contributed by atoms with Crippen molar-refractivity contribution in [1.29, 1.82) is 0 Å². The summed E-state index contributed by atoms with van der Waals surface area (Å²) in [5.74, 6) is 0. The Morgan fingerprint density at radius 2 is 2.05 bits per heavy atom. The molecule has 1 aliphatic heterocycles. The lowest BCUT2D eigenvalue weighted by Gasteiger charge is -2.27. The van der Waals surface area contributed by atoms with Crippen molar-refractivity contribution in [1.82, 2.24) is 15.2 Å². The average Bonchev–Trinajstić information content (AvgIpc) is 2.81. The lowest BCUT2D eigenvalue weighted by atomic mass is 10.1. The molecular formula is C15H20ClN3. The highest BCUT2D eigenvalue weighted by atomic mass is 35.5. The Morgan fingerprint density at radius 3 is 2.84 bits per heavy atom. The fraction of sp³-hybridized carbons (Fsp3) is 0.467. The largest absolute Gasteiger partial charge is 0.359 e. The molecule has 0 amide bonds. The topological polar surface area (TPSA) is 31.1 Å². The van der Waals surface area contributed by atoms with E-state index in [1.807, 2.05) is 0 Å². The van der Waals surface area contributed by atoms with Gasteiger partial charge >= 0.3 is 0 Å². The third-order valence-corrected chi connectivity index (χ3v) is 4.31. The molecule has 0 spiro atoms. The highest BCUT2D eigenvalue weighted by Gasteiger charge is 2.12. The van der Waals surface area contributed by atoms with Crippen LogP contribution in [0.25, 0.3) is 10.9 Å². The van der Waals surface area contributed by atoms with E-state index in [9.17, 15) is 0 Å². The second-order valence-corrected chi connectivity index (χ2v) is 5.67. The number of nitrogens with zero attached hydrogens (tertiary/aromatic N) is 1. The first-order chi connectivity index (χ1) is 9.24. The van der Waals surface area contributed by atoms with E-state index in [1.165, 1.54) is 5.56 Å². The molecule has 1 aromatic heterocycles. The van der Waals surface area contributed by atoms with Gasteiger partial charge in [0, 0.05) is 49.3 Å². The fourth-order valence-electron chi connectivity index (χ4n) is 2.76. The summed E-state index contributed by atoms with van der Waals surface area (Å²) in [4.78, 5) is 5.83. The number of H-pyrrole nitrogens is 1. The van der Waals surface area contributed by atoms with Crippen LogP contribution < -0.4 is 5.32 Å². The van der Waals surface area contributed by atoms with Gasteiger partial charge in [0.2, 0.25) is 0 Å². The zero-order valence-electron chi connectivity index (χ0n) is 11.3. The Bertz CT molecular complexity index is 570. The summed E-state index contributed by atoms with van der Waals surface area (Å²) in [7, 11) is 0. The predicted octanol–water partition coefficient (Wildman–Crippen LogP) is 2.58. The van der Waals surface area contributed by atoms with E-state index in [4.69, 9.17) is 11.6 Å². The number of nitrogens with one attached hydrogen (secondary N) is 2. The first-order valence-corrected chi connectivity index (χ1v) is 7.31. The molecule has 0 atom stereocenters. The Morgan fingerprint density at radius 1 is 1.26 bits per heavy atom. The van der Waals surface area contributed by atoms with E-state index in [2.05, 4.69) is 40.3 Å². The lowest BCUT2D eigenvalue weighted by Crippen LogP contribution is -2.44. The Balaban J connectivity index is 1.75. The molecule has 2 N–H and O–H groups in total. The summed E-state index contributed by atoms with van der Waals surface area (Å²) in [5.41, 5.74) is 3.55. The van der Waals surface area contributed by atoms with Crippen LogP contribution in [0.4, 0.5) is 0 Å². The van der Waals surface area contributed by atoms with Gasteiger partial charge in [-0.25, -0.2) is 0 Å². The molecule has 1 fully saturated rings. The van der Waals surface area contributed by atoms with E-state index in [-0.39, 0.29) is 0 Å². The molecule has 0 radical (unpaired) electrons. The summed E-state index contributed by atoms with van der Waals surface area (Å²) in [6.45, 7) is 7.65. The molecule has 2 aromatic rings. The Kier molecular flexibility index (Phi) is 3.78. The van der Waals surface area contributed by atoms with Crippen LogP contribution in [0.2, 0.25) is 5.02 Å². The SMILES string of the molecule is Cc1cc2c(Cl)c(CCN3CCNCC3)ccc2[nH]1. The van der Waals surface area contributed by atoms with Gasteiger partial charge in [-0.1, -0.05) is 17.7 Å². The zero-order valence-corrected chi connectivity index (χ0v) is 12.1. The number of piperazine rings is 1. The van der Waals surface area contributed by atoms with Crippen molar-refractivity contribution in [3.05, 3.63) is 34.5 Å². The normalized spacial score (nSPS) is 17.2. The molecule has 102 valence electrons. The summed E-state index contributed by atoms with van der Waals surface area (Å²) >= 11 is 6.52. The van der Waals surface area contributed by atoms with E-state index in [0.717, 1.165) is 60.8 Å². The number of fused-ring (bicyclic) bond motifs is 1. The third kappa shape index (κ3) is 2.78. The minimum atomic E-state index is 0.914. The summed E-state index contributed by atoms with van der Waals surface area (Å²) in [6, 6.07) is 6.43. The van der Waals surface area contributed by atoms with Gasteiger partial charge in [-0.15, -0.1) is 0 Å². The maximum absolute atomic E-state index is 6.52. The van der Waals surface area contributed by atoms with Crippen LogP contribution in [-0.2, 0) is 6.42 Å². The molecule has 1 saturated heterocycles. The molecule has 1 aliphatic rings. The van der Waals surface area contributed by atoms with Crippen molar-refractivity contribution in [2.24, 2.45) is 0 Å². The van der Waals surface area contributed by atoms with Crippen molar-refractivity contribution in [3.8, 4) is 0 Å². The lowest BCUT2D eigenvalue weighted by molar-refractivity contribution is 0.244. The number of aryl methyl sites for hydroxylation is 1. The zero-order chi connectivity index (χ0) is 13.2. The molecule has 3 nitrogen and oxygen atoms in total. The van der Waals surface area contributed by atoms with Crippen LogP contribution in [0.3, 0.4) is 0 Å². The molecule has 4 heteroatoms. The van der Waals surface area contributed by atoms with Gasteiger partial charge in [-0.2, -0.15) is 0 Å². The van der Waals surface area contributed by atoms with E-state index >= 15 is 0 Å². The maximum Gasteiger partial charge on any atom is 0.0532 e. The predicted molar refractivity (Wildman–Crippen MR) is 81.1 cm³/mol. The monoisotopic (exact) mass is 277 g/mol. The number of halogens is 1. The van der Waals surface area contributed by atoms with Crippen molar-refractivity contribution >= 4 is 22.5 Å². The molecule has 0 unspecified atom stereocenters. The van der Waals surface area contributed by atoms with Gasteiger partial charge in [0.25, 0.3) is 0 Å². The smallest absolute Gasteiger partial charge is 0.0532 e. The number of hydrogen-bond acceptors (Lipinski definition) is 2. The van der Waals surface area contributed by atoms with Gasteiger partial charge in [0.15, 0.2) is 0 Å². The molecule has 19 heavy (non-hydrogen) atoms. The van der Waals surface area contributed by atoms with Gasteiger partial charge in [0.1, 0.15) is 0 Å². The standard InChI is InChI=1S/C15H20ClN3/c1-11-10-13-14(18-11)3-2-12(15(13)16)4-7-19-8-5-17-6-9-19/h2-3,10,17-18H,4-9H2,1H3. The summed E-state index contributed by atoms with van der Waals surface area (Å²) < 4.78 is 0. The van der Waals surface area contributed by atoms with Crippen molar-refractivity contribution in [2.45, 2.75) is 13.3 Å². The van der Waals surface area contributed by atoms with Crippen LogP contribution in [0.1, 0.15) is 11.3 Å². The van der Waals surface area contributed by atoms with Gasteiger partial charge in [-0.3, -0.25) is 0 Å². The van der Waals surface area contributed by atoms with E-state index in [0.29, 0.717) is 0 Å². The van der Waals surface area contributed by atoms with E-state index in [1.54, 1.807) is 0 Å². The second kappa shape index (κ2) is 5.53. The number of hydrogen-bond donors (Lipinski definition) is 2. The van der Waals surface area contributed by atoms with Crippen molar-refractivity contribution in [2.75, 3.05) is 32.7 Å². The van der Waals surface area contributed by atoms with Crippen molar-refractivity contribution < 1.29 is 0 Å². The summed E-state index contributed by atoms with van der Waals surface area (Å²) in [6.07, 6.45) is 1.03. The molecular weight excluding hydrogens is 258 g/mol. The number of benzene rings is 1. The number of rotatable bonds is 3. The third-order valence-electron chi connectivity index (χ3n) is 3.86. The highest BCUT2D eigenvalue weighted by Crippen LogP contribution is 2.28. The average molecular weight is 278 g/mol. The highest BCUT2D eigenvalue weighted by molar-refractivity contribution is 6.36. The van der Waals surface area contributed by atoms with Crippen molar-refractivity contribution in [3.63, 3.8) is 0 Å². The minimum Gasteiger partial charge on any atom is -0.359 e. The number of aromatic nitrogens is 1. The van der Waals surface area contributed by atoms with E-state index < -0.39 is 0 Å². The first-order valence-electron chi connectivity index (χ1n) is 6.94. The Labute approximate surface area is 118 Å². The molecule has 3 rings (SSSR count). The fourth-order valence-corrected chi connectivity index (χ4v) is 3.07. The van der Waals surface area contributed by atoms with Gasteiger partial charge < -0.3 is 15.2 Å². The molecule has 0 bridgehead atoms. The minimum absolute atomic E-state index is 0.914. The van der Waals surface area contributed by atoms with Crippen LogP contribution in [0, 0.1) is 6.92 Å². The Hall–Kier alpha value is -1.03. The molecule has 0 aliphatic carbocycles. The maximum atomic E-state index is 6.52. The molecule has 2 heterocycles. The quantitative estimate of drug-likeness (QED) is 0.904. The van der Waals surface area contributed by atoms with Gasteiger partial charge in [0.05, 0.1) is 5.02 Å². The second-order valence-electron chi connectivity index (χ2n) is 5.29. The van der Waals surface area contributed by atoms with Crippen LogP contribution in [-0.4, -0.2) is 42.6 Å². The van der Waals surface area contributed by atoms with Crippen LogP contribution >= 0.6 is 11.6 Å².